The van der Waals surface area contributed by atoms with Crippen molar-refractivity contribution in [3.05, 3.63) is 101 Å². The molecule has 0 saturated heterocycles. The van der Waals surface area contributed by atoms with E-state index >= 15 is 4.39 Å². The van der Waals surface area contributed by atoms with E-state index in [0.29, 0.717) is 34.8 Å². The lowest BCUT2D eigenvalue weighted by Crippen LogP contribution is -2.39. The minimum absolute atomic E-state index is 0.0545. The molecule has 1 aliphatic heterocycles. The molecule has 1 saturated carbocycles. The Labute approximate surface area is 241 Å². The summed E-state index contributed by atoms with van der Waals surface area (Å²) < 4.78 is 23.6. The van der Waals surface area contributed by atoms with Gasteiger partial charge in [-0.2, -0.15) is 10.2 Å². The predicted octanol–water partition coefficient (Wildman–Crippen LogP) is 5.53. The van der Waals surface area contributed by atoms with Gasteiger partial charge in [-0.15, -0.1) is 0 Å². The van der Waals surface area contributed by atoms with Gasteiger partial charge >= 0.3 is 5.97 Å². The van der Waals surface area contributed by atoms with Gasteiger partial charge in [-0.05, 0) is 62.4 Å². The maximum Gasteiger partial charge on any atom is 0.341 e. The van der Waals surface area contributed by atoms with Crippen LogP contribution in [-0.2, 0) is 11.2 Å². The van der Waals surface area contributed by atoms with Gasteiger partial charge in [-0.3, -0.25) is 4.79 Å². The second-order valence-corrected chi connectivity index (χ2v) is 10.8. The third-order valence-electron chi connectivity index (χ3n) is 8.11. The normalized spacial score (nSPS) is 16.5. The van der Waals surface area contributed by atoms with Crippen molar-refractivity contribution in [1.29, 1.82) is 0 Å². The monoisotopic (exact) mass is 564 g/mol. The van der Waals surface area contributed by atoms with E-state index in [4.69, 9.17) is 14.8 Å². The Balaban J connectivity index is 1.21. The molecule has 42 heavy (non-hydrogen) atoms. The van der Waals surface area contributed by atoms with Crippen molar-refractivity contribution in [2.45, 2.75) is 45.1 Å². The van der Waals surface area contributed by atoms with E-state index in [1.807, 2.05) is 23.1 Å². The molecule has 0 bridgehead atoms. The van der Waals surface area contributed by atoms with Gasteiger partial charge in [-0.25, -0.2) is 23.4 Å². The molecule has 2 aromatic carbocycles. The van der Waals surface area contributed by atoms with Gasteiger partial charge < -0.3 is 9.64 Å². The molecule has 0 radical (unpaired) electrons. The molecule has 1 amide bonds. The summed E-state index contributed by atoms with van der Waals surface area (Å²) in [5.41, 5.74) is 5.72. The first-order valence-electron chi connectivity index (χ1n) is 14.2. The zero-order chi connectivity index (χ0) is 29.0. The van der Waals surface area contributed by atoms with Crippen LogP contribution in [0.4, 0.5) is 4.39 Å². The average molecular weight is 565 g/mol. The standard InChI is InChI=1S/C32H29FN6O3/c1-3-42-32(41)22-17-34-38(18-22)23-10-11-25(26(33)14-23)27-16-30-35-28(15-29(21-8-9-21)39(30)36-27)31(40)37-13-12-20-6-4-5-7-24(20)19(37)2/h4-7,10-11,14-19,21H,3,8-9,12-13H2,1-2H3/t19-/m1/s1. The van der Waals surface area contributed by atoms with E-state index in [1.54, 1.807) is 29.6 Å². The number of ether oxygens (including phenoxy) is 1. The highest BCUT2D eigenvalue weighted by atomic mass is 19.1. The molecular formula is C32H29FN6O3. The quantitative estimate of drug-likeness (QED) is 0.252. The van der Waals surface area contributed by atoms with Gasteiger partial charge in [0.05, 0.1) is 35.8 Å². The van der Waals surface area contributed by atoms with Gasteiger partial charge in [0.1, 0.15) is 11.5 Å². The first-order chi connectivity index (χ1) is 20.4. The molecule has 0 spiro atoms. The number of esters is 1. The summed E-state index contributed by atoms with van der Waals surface area (Å²) >= 11 is 0. The Morgan fingerprint density at radius 1 is 1.10 bits per heavy atom. The van der Waals surface area contributed by atoms with E-state index in [1.165, 1.54) is 34.3 Å². The van der Waals surface area contributed by atoms with Crippen LogP contribution in [-0.4, -0.2) is 54.3 Å². The number of amides is 1. The lowest BCUT2D eigenvalue weighted by Gasteiger charge is -2.35. The number of halogens is 1. The Kier molecular flexibility index (Phi) is 6.33. The Hall–Kier alpha value is -4.86. The summed E-state index contributed by atoms with van der Waals surface area (Å²) in [6.07, 6.45) is 5.72. The summed E-state index contributed by atoms with van der Waals surface area (Å²) in [6.45, 7) is 4.67. The number of nitrogens with zero attached hydrogens (tertiary/aromatic N) is 6. The molecule has 4 heterocycles. The number of aromatic nitrogens is 5. The van der Waals surface area contributed by atoms with E-state index in [9.17, 15) is 9.59 Å². The highest BCUT2D eigenvalue weighted by Gasteiger charge is 2.32. The van der Waals surface area contributed by atoms with Crippen LogP contribution in [0.1, 0.15) is 76.3 Å². The van der Waals surface area contributed by atoms with Crippen LogP contribution in [0, 0.1) is 5.82 Å². The topological polar surface area (TPSA) is 94.6 Å². The minimum Gasteiger partial charge on any atom is -0.462 e. The summed E-state index contributed by atoms with van der Waals surface area (Å²) in [6, 6.07) is 16.5. The van der Waals surface area contributed by atoms with E-state index in [2.05, 4.69) is 24.2 Å². The van der Waals surface area contributed by atoms with E-state index < -0.39 is 11.8 Å². The molecule has 1 aliphatic carbocycles. The van der Waals surface area contributed by atoms with Crippen molar-refractivity contribution in [3.63, 3.8) is 0 Å². The largest absolute Gasteiger partial charge is 0.462 e. The molecule has 212 valence electrons. The number of carbonyl (C=O) groups is 2. The van der Waals surface area contributed by atoms with Gasteiger partial charge in [0, 0.05) is 42.0 Å². The van der Waals surface area contributed by atoms with Crippen LogP contribution < -0.4 is 0 Å². The zero-order valence-electron chi connectivity index (χ0n) is 23.3. The number of hydrogen-bond acceptors (Lipinski definition) is 6. The molecule has 5 aromatic rings. The third-order valence-corrected chi connectivity index (χ3v) is 8.11. The lowest BCUT2D eigenvalue weighted by atomic mass is 9.93. The van der Waals surface area contributed by atoms with Gasteiger partial charge in [0.2, 0.25) is 0 Å². The zero-order valence-corrected chi connectivity index (χ0v) is 23.3. The SMILES string of the molecule is CCOC(=O)c1cnn(-c2ccc(-c3cc4nc(C(=O)N5CCc6ccccc6[C@H]5C)cc(C5CC5)n4n3)c(F)c2)c1. The van der Waals surface area contributed by atoms with Crippen LogP contribution in [0.3, 0.4) is 0 Å². The Morgan fingerprint density at radius 2 is 1.93 bits per heavy atom. The van der Waals surface area contributed by atoms with Crippen molar-refractivity contribution < 1.29 is 18.7 Å². The number of benzene rings is 2. The fraction of sp³-hybridized carbons (Fsp3) is 0.281. The van der Waals surface area contributed by atoms with Crippen LogP contribution in [0.15, 0.2) is 67.0 Å². The maximum atomic E-state index is 15.5. The molecule has 10 heteroatoms. The van der Waals surface area contributed by atoms with E-state index in [0.717, 1.165) is 25.0 Å². The first-order valence-corrected chi connectivity index (χ1v) is 14.2. The summed E-state index contributed by atoms with van der Waals surface area (Å²) in [5, 5.41) is 8.89. The predicted molar refractivity (Wildman–Crippen MR) is 153 cm³/mol. The van der Waals surface area contributed by atoms with Crippen molar-refractivity contribution in [2.75, 3.05) is 13.2 Å². The summed E-state index contributed by atoms with van der Waals surface area (Å²) in [7, 11) is 0. The minimum atomic E-state index is -0.492. The van der Waals surface area contributed by atoms with Crippen molar-refractivity contribution in [3.8, 4) is 16.9 Å². The van der Waals surface area contributed by atoms with Crippen LogP contribution in [0.25, 0.3) is 22.6 Å². The van der Waals surface area contributed by atoms with Crippen LogP contribution >= 0.6 is 0 Å². The van der Waals surface area contributed by atoms with E-state index in [-0.39, 0.29) is 30.0 Å². The van der Waals surface area contributed by atoms with Gasteiger partial charge in [0.15, 0.2) is 5.65 Å². The van der Waals surface area contributed by atoms with Gasteiger partial charge in [0.25, 0.3) is 5.91 Å². The second kappa shape index (κ2) is 10.2. The lowest BCUT2D eigenvalue weighted by molar-refractivity contribution is 0.0526. The molecule has 2 aliphatic rings. The number of fused-ring (bicyclic) bond motifs is 2. The molecule has 9 nitrogen and oxygen atoms in total. The van der Waals surface area contributed by atoms with Crippen molar-refractivity contribution >= 4 is 17.5 Å². The summed E-state index contributed by atoms with van der Waals surface area (Å²) in [5.74, 6) is -0.799. The highest BCUT2D eigenvalue weighted by molar-refractivity contribution is 5.93. The molecule has 0 N–H and O–H groups in total. The molecule has 3 aromatic heterocycles. The molecular weight excluding hydrogens is 535 g/mol. The highest BCUT2D eigenvalue weighted by Crippen LogP contribution is 2.41. The smallest absolute Gasteiger partial charge is 0.341 e. The van der Waals surface area contributed by atoms with Crippen molar-refractivity contribution in [2.24, 2.45) is 0 Å². The summed E-state index contributed by atoms with van der Waals surface area (Å²) in [4.78, 5) is 32.4. The van der Waals surface area contributed by atoms with Gasteiger partial charge in [-0.1, -0.05) is 24.3 Å². The molecule has 7 rings (SSSR count). The molecule has 1 atom stereocenters. The molecule has 1 fully saturated rings. The van der Waals surface area contributed by atoms with Crippen molar-refractivity contribution in [1.82, 2.24) is 29.3 Å². The number of carbonyl (C=O) groups excluding carboxylic acids is 2. The first kappa shape index (κ1) is 26.1. The number of rotatable bonds is 6. The van der Waals surface area contributed by atoms with Crippen LogP contribution in [0.2, 0.25) is 0 Å². The maximum absolute atomic E-state index is 15.5. The number of hydrogen-bond donors (Lipinski definition) is 0. The van der Waals surface area contributed by atoms with Crippen LogP contribution in [0.5, 0.6) is 0 Å². The fourth-order valence-electron chi connectivity index (χ4n) is 5.74. The fourth-order valence-corrected chi connectivity index (χ4v) is 5.74. The molecule has 0 unspecified atom stereocenters. The average Bonchev–Trinajstić information content (AvgIpc) is 3.55. The Bertz CT molecular complexity index is 1860. The second-order valence-electron chi connectivity index (χ2n) is 10.8. The third kappa shape index (κ3) is 4.52. The Morgan fingerprint density at radius 3 is 2.71 bits per heavy atom.